The van der Waals surface area contributed by atoms with Crippen LogP contribution in [-0.4, -0.2) is 15.0 Å². The van der Waals surface area contributed by atoms with Gasteiger partial charge in [0.25, 0.3) is 0 Å². The highest BCUT2D eigenvalue weighted by atomic mass is 32.2. The summed E-state index contributed by atoms with van der Waals surface area (Å²) in [6.07, 6.45) is 0.580. The van der Waals surface area contributed by atoms with Gasteiger partial charge in [-0.25, -0.2) is 17.9 Å². The van der Waals surface area contributed by atoms with Crippen molar-refractivity contribution in [2.45, 2.75) is 11.3 Å². The Balaban J connectivity index is 2.07. The maximum atomic E-state index is 13.0. The minimum absolute atomic E-state index is 0.0826. The van der Waals surface area contributed by atoms with Crippen LogP contribution in [0.5, 0.6) is 0 Å². The van der Waals surface area contributed by atoms with E-state index in [1.54, 1.807) is 18.2 Å². The number of halogens is 1. The molecule has 112 valence electrons. The van der Waals surface area contributed by atoms with Crippen molar-refractivity contribution < 1.29 is 12.8 Å². The summed E-state index contributed by atoms with van der Waals surface area (Å²) in [5.74, 6) is -0.289. The van der Waals surface area contributed by atoms with Crippen LogP contribution in [0, 0.1) is 5.82 Å². The summed E-state index contributed by atoms with van der Waals surface area (Å²) >= 11 is 0. The molecule has 0 aliphatic carbocycles. The van der Waals surface area contributed by atoms with Gasteiger partial charge in [-0.05, 0) is 36.2 Å². The second-order valence-corrected chi connectivity index (χ2v) is 6.10. The van der Waals surface area contributed by atoms with E-state index in [4.69, 9.17) is 10.9 Å². The summed E-state index contributed by atoms with van der Waals surface area (Å²) in [4.78, 5) is -0.113. The fourth-order valence-corrected chi connectivity index (χ4v) is 2.66. The number of hydrogen-bond donors (Lipinski definition) is 3. The average molecular weight is 309 g/mol. The van der Waals surface area contributed by atoms with Crippen molar-refractivity contribution in [1.29, 1.82) is 0 Å². The van der Waals surface area contributed by atoms with Gasteiger partial charge < -0.3 is 11.1 Å². The molecule has 0 bridgehead atoms. The molecule has 0 atom stereocenters. The number of primary sulfonamides is 1. The van der Waals surface area contributed by atoms with Crippen LogP contribution in [0.15, 0.2) is 47.4 Å². The number of benzene rings is 2. The van der Waals surface area contributed by atoms with Gasteiger partial charge in [0, 0.05) is 6.54 Å². The van der Waals surface area contributed by atoms with E-state index in [0.29, 0.717) is 18.7 Å². The van der Waals surface area contributed by atoms with Gasteiger partial charge >= 0.3 is 0 Å². The predicted octanol–water partition coefficient (Wildman–Crippen LogP) is 1.71. The molecule has 0 saturated heterocycles. The van der Waals surface area contributed by atoms with Gasteiger partial charge in [-0.1, -0.05) is 18.2 Å². The van der Waals surface area contributed by atoms with Gasteiger partial charge in [0.2, 0.25) is 10.0 Å². The van der Waals surface area contributed by atoms with Crippen molar-refractivity contribution in [2.24, 2.45) is 5.14 Å². The number of anilines is 2. The third-order valence-electron chi connectivity index (χ3n) is 2.99. The first kappa shape index (κ1) is 15.3. The molecule has 2 aromatic rings. The minimum atomic E-state index is -3.85. The van der Waals surface area contributed by atoms with Crippen LogP contribution >= 0.6 is 0 Å². The fraction of sp³-hybridized carbons (Fsp3) is 0.143. The molecule has 0 amide bonds. The quantitative estimate of drug-likeness (QED) is 0.732. The first-order chi connectivity index (χ1) is 9.88. The molecule has 0 aliphatic rings. The Bertz CT molecular complexity index is 748. The third-order valence-corrected chi connectivity index (χ3v) is 3.96. The lowest BCUT2D eigenvalue weighted by atomic mass is 10.1. The fourth-order valence-electron chi connectivity index (χ4n) is 1.98. The number of hydrogen-bond acceptors (Lipinski definition) is 4. The van der Waals surface area contributed by atoms with E-state index >= 15 is 0 Å². The molecular formula is C14H16FN3O2S. The molecule has 0 aromatic heterocycles. The van der Waals surface area contributed by atoms with E-state index in [2.05, 4.69) is 5.32 Å². The third kappa shape index (κ3) is 3.93. The molecule has 0 aliphatic heterocycles. The van der Waals surface area contributed by atoms with Gasteiger partial charge in [0.1, 0.15) is 10.7 Å². The molecule has 0 unspecified atom stereocenters. The molecular weight excluding hydrogens is 293 g/mol. The second kappa shape index (κ2) is 6.11. The zero-order valence-electron chi connectivity index (χ0n) is 11.2. The summed E-state index contributed by atoms with van der Waals surface area (Å²) in [5.41, 5.74) is 7.19. The molecule has 5 N–H and O–H groups in total. The van der Waals surface area contributed by atoms with Crippen molar-refractivity contribution in [2.75, 3.05) is 17.6 Å². The number of para-hydroxylation sites is 1. The number of rotatable bonds is 5. The molecule has 0 spiro atoms. The van der Waals surface area contributed by atoms with Crippen molar-refractivity contribution in [3.05, 3.63) is 53.8 Å². The van der Waals surface area contributed by atoms with Crippen LogP contribution < -0.4 is 16.2 Å². The van der Waals surface area contributed by atoms with Gasteiger partial charge in [0.05, 0.1) is 11.4 Å². The van der Waals surface area contributed by atoms with Crippen LogP contribution in [0.3, 0.4) is 0 Å². The van der Waals surface area contributed by atoms with Gasteiger partial charge in [-0.2, -0.15) is 0 Å². The SMILES string of the molecule is Nc1c(NCCc2cccc(F)c2)cccc1S(N)(=O)=O. The topological polar surface area (TPSA) is 98.2 Å². The van der Waals surface area contributed by atoms with E-state index < -0.39 is 10.0 Å². The highest BCUT2D eigenvalue weighted by Gasteiger charge is 2.14. The highest BCUT2D eigenvalue weighted by Crippen LogP contribution is 2.25. The Labute approximate surface area is 122 Å². The van der Waals surface area contributed by atoms with Crippen LogP contribution in [0.2, 0.25) is 0 Å². The summed E-state index contributed by atoms with van der Waals surface area (Å²) in [5, 5.41) is 8.11. The lowest BCUT2D eigenvalue weighted by molar-refractivity contribution is 0.598. The first-order valence-electron chi connectivity index (χ1n) is 6.27. The maximum Gasteiger partial charge on any atom is 0.240 e. The van der Waals surface area contributed by atoms with Crippen LogP contribution in [-0.2, 0) is 16.4 Å². The second-order valence-electron chi connectivity index (χ2n) is 4.57. The summed E-state index contributed by atoms with van der Waals surface area (Å²) in [7, 11) is -3.85. The Morgan fingerprint density at radius 3 is 2.52 bits per heavy atom. The maximum absolute atomic E-state index is 13.0. The minimum Gasteiger partial charge on any atom is -0.396 e. The first-order valence-corrected chi connectivity index (χ1v) is 7.82. The number of nitrogens with two attached hydrogens (primary N) is 2. The van der Waals surface area contributed by atoms with Gasteiger partial charge in [-0.3, -0.25) is 0 Å². The van der Waals surface area contributed by atoms with Crippen LogP contribution in [0.1, 0.15) is 5.56 Å². The van der Waals surface area contributed by atoms with E-state index in [1.165, 1.54) is 18.2 Å². The average Bonchev–Trinajstić information content (AvgIpc) is 2.39. The van der Waals surface area contributed by atoms with E-state index in [1.807, 2.05) is 6.07 Å². The standard InChI is InChI=1S/C14H16FN3O2S/c15-11-4-1-3-10(9-11)7-8-18-12-5-2-6-13(14(12)16)21(17,19)20/h1-6,9,18H,7-8,16H2,(H2,17,19,20). The largest absolute Gasteiger partial charge is 0.396 e. The Hall–Kier alpha value is -2.12. The Morgan fingerprint density at radius 2 is 1.86 bits per heavy atom. The molecule has 21 heavy (non-hydrogen) atoms. The van der Waals surface area contributed by atoms with E-state index in [0.717, 1.165) is 5.56 Å². The van der Waals surface area contributed by atoms with Crippen molar-refractivity contribution >= 4 is 21.4 Å². The van der Waals surface area contributed by atoms with Gasteiger partial charge in [0.15, 0.2) is 0 Å². The summed E-state index contributed by atoms with van der Waals surface area (Å²) in [6, 6.07) is 10.9. The van der Waals surface area contributed by atoms with E-state index in [-0.39, 0.29) is 16.4 Å². The number of sulfonamides is 1. The predicted molar refractivity (Wildman–Crippen MR) is 80.8 cm³/mol. The monoisotopic (exact) mass is 309 g/mol. The molecule has 7 heteroatoms. The smallest absolute Gasteiger partial charge is 0.240 e. The number of nitrogen functional groups attached to an aromatic ring is 1. The van der Waals surface area contributed by atoms with E-state index in [9.17, 15) is 12.8 Å². The molecule has 0 saturated carbocycles. The Morgan fingerprint density at radius 1 is 1.14 bits per heavy atom. The Kier molecular flexibility index (Phi) is 4.44. The van der Waals surface area contributed by atoms with Crippen LogP contribution in [0.25, 0.3) is 0 Å². The normalized spacial score (nSPS) is 11.3. The highest BCUT2D eigenvalue weighted by molar-refractivity contribution is 7.89. The van der Waals surface area contributed by atoms with Crippen LogP contribution in [0.4, 0.5) is 15.8 Å². The molecule has 2 aromatic carbocycles. The summed E-state index contributed by atoms with van der Waals surface area (Å²) in [6.45, 7) is 0.488. The van der Waals surface area contributed by atoms with Crippen molar-refractivity contribution in [1.82, 2.24) is 0 Å². The molecule has 0 heterocycles. The zero-order chi connectivity index (χ0) is 15.5. The molecule has 2 rings (SSSR count). The number of nitrogens with one attached hydrogen (secondary N) is 1. The van der Waals surface area contributed by atoms with Crippen molar-refractivity contribution in [3.63, 3.8) is 0 Å². The van der Waals surface area contributed by atoms with Crippen molar-refractivity contribution in [3.8, 4) is 0 Å². The zero-order valence-corrected chi connectivity index (χ0v) is 12.0. The summed E-state index contributed by atoms with van der Waals surface area (Å²) < 4.78 is 35.8. The lowest BCUT2D eigenvalue weighted by Gasteiger charge is -2.12. The van der Waals surface area contributed by atoms with Gasteiger partial charge in [-0.15, -0.1) is 0 Å². The lowest BCUT2D eigenvalue weighted by Crippen LogP contribution is -2.16. The molecule has 0 radical (unpaired) electrons. The molecule has 0 fully saturated rings. The molecule has 5 nitrogen and oxygen atoms in total.